The van der Waals surface area contributed by atoms with Gasteiger partial charge in [0.1, 0.15) is 0 Å². The fraction of sp³-hybridized carbons (Fsp3) is 0.176. The molecular weight excluding hydrogens is 355 g/mol. The van der Waals surface area contributed by atoms with E-state index in [2.05, 4.69) is 5.32 Å². The summed E-state index contributed by atoms with van der Waals surface area (Å²) in [5.74, 6) is -1.45. The Kier molecular flexibility index (Phi) is 5.97. The number of carbonyl (C=O) groups is 2. The molecule has 0 aliphatic carbocycles. The summed E-state index contributed by atoms with van der Waals surface area (Å²) in [6.07, 6.45) is -2.94. The summed E-state index contributed by atoms with van der Waals surface area (Å²) in [7, 11) is 0. The molecule has 2 rings (SSSR count). The molecule has 8 heteroatoms. The van der Waals surface area contributed by atoms with Crippen LogP contribution in [-0.4, -0.2) is 18.0 Å². The molecule has 0 radical (unpaired) electrons. The first-order valence-corrected chi connectivity index (χ1v) is 8.04. The molecule has 2 aromatic rings. The van der Waals surface area contributed by atoms with Crippen LogP contribution >= 0.6 is 11.3 Å². The van der Waals surface area contributed by atoms with Crippen LogP contribution in [0.4, 0.5) is 18.9 Å². The quantitative estimate of drug-likeness (QED) is 0.630. The number of esters is 1. The molecule has 0 spiro atoms. The van der Waals surface area contributed by atoms with Crippen LogP contribution in [0.2, 0.25) is 0 Å². The Morgan fingerprint density at radius 3 is 2.64 bits per heavy atom. The monoisotopic (exact) mass is 369 g/mol. The third kappa shape index (κ3) is 5.75. The lowest BCUT2D eigenvalue weighted by molar-refractivity contribution is -0.148. The van der Waals surface area contributed by atoms with Gasteiger partial charge in [-0.1, -0.05) is 12.1 Å². The van der Waals surface area contributed by atoms with E-state index in [-0.39, 0.29) is 5.69 Å². The van der Waals surface area contributed by atoms with Crippen molar-refractivity contribution in [2.24, 2.45) is 0 Å². The first kappa shape index (κ1) is 18.7. The maximum absolute atomic E-state index is 12.6. The second-order valence-corrected chi connectivity index (χ2v) is 5.97. The zero-order chi connectivity index (χ0) is 18.4. The van der Waals surface area contributed by atoms with Crippen molar-refractivity contribution < 1.29 is 27.5 Å². The van der Waals surface area contributed by atoms with Crippen LogP contribution in [0.25, 0.3) is 6.08 Å². The Balaban J connectivity index is 1.93. The lowest BCUT2D eigenvalue weighted by Crippen LogP contribution is -2.29. The summed E-state index contributed by atoms with van der Waals surface area (Å²) in [4.78, 5) is 24.5. The van der Waals surface area contributed by atoms with Gasteiger partial charge in [-0.3, -0.25) is 4.79 Å². The molecule has 1 heterocycles. The lowest BCUT2D eigenvalue weighted by atomic mass is 10.2. The summed E-state index contributed by atoms with van der Waals surface area (Å²) in [6.45, 7) is 1.33. The Labute approximate surface area is 145 Å². The zero-order valence-electron chi connectivity index (χ0n) is 13.0. The molecular formula is C17H14F3NO3S. The van der Waals surface area contributed by atoms with Gasteiger partial charge in [0.2, 0.25) is 0 Å². The Hall–Kier alpha value is -2.61. The van der Waals surface area contributed by atoms with Gasteiger partial charge in [-0.25, -0.2) is 4.79 Å². The minimum Gasteiger partial charge on any atom is -0.449 e. The molecule has 1 N–H and O–H groups in total. The predicted molar refractivity (Wildman–Crippen MR) is 89.0 cm³/mol. The summed E-state index contributed by atoms with van der Waals surface area (Å²) in [6, 6.07) is 7.83. The van der Waals surface area contributed by atoms with Gasteiger partial charge in [0, 0.05) is 16.6 Å². The van der Waals surface area contributed by atoms with Crippen LogP contribution in [0.5, 0.6) is 0 Å². The molecule has 4 nitrogen and oxygen atoms in total. The van der Waals surface area contributed by atoms with Crippen molar-refractivity contribution in [2.75, 3.05) is 5.32 Å². The average molecular weight is 369 g/mol. The van der Waals surface area contributed by atoms with E-state index in [1.165, 1.54) is 36.5 Å². The van der Waals surface area contributed by atoms with E-state index < -0.39 is 29.7 Å². The maximum Gasteiger partial charge on any atom is 0.416 e. The minimum absolute atomic E-state index is 0.0307. The number of alkyl halides is 3. The second-order valence-electron chi connectivity index (χ2n) is 5.00. The van der Waals surface area contributed by atoms with Crippen LogP contribution in [0.15, 0.2) is 47.9 Å². The zero-order valence-corrected chi connectivity index (χ0v) is 13.9. The number of halogens is 3. The molecule has 1 amide bonds. The van der Waals surface area contributed by atoms with Gasteiger partial charge in [-0.05, 0) is 42.6 Å². The van der Waals surface area contributed by atoms with E-state index in [9.17, 15) is 22.8 Å². The van der Waals surface area contributed by atoms with E-state index in [0.29, 0.717) is 0 Å². The van der Waals surface area contributed by atoms with Gasteiger partial charge in [0.15, 0.2) is 6.10 Å². The van der Waals surface area contributed by atoms with Gasteiger partial charge in [0.25, 0.3) is 5.91 Å². The number of thiophene rings is 1. The fourth-order valence-corrected chi connectivity index (χ4v) is 2.44. The van der Waals surface area contributed by atoms with Crippen molar-refractivity contribution in [3.8, 4) is 0 Å². The lowest BCUT2D eigenvalue weighted by Gasteiger charge is -2.13. The third-order valence-corrected chi connectivity index (χ3v) is 3.88. The Bertz CT molecular complexity index is 770. The normalized spacial score (nSPS) is 12.8. The molecule has 1 atom stereocenters. The first-order valence-electron chi connectivity index (χ1n) is 7.16. The van der Waals surface area contributed by atoms with Gasteiger partial charge in [-0.15, -0.1) is 11.3 Å². The number of amides is 1. The molecule has 1 unspecified atom stereocenters. The van der Waals surface area contributed by atoms with Crippen LogP contribution in [-0.2, 0) is 20.5 Å². The number of hydrogen-bond donors (Lipinski definition) is 1. The molecule has 0 saturated carbocycles. The largest absolute Gasteiger partial charge is 0.449 e. The summed E-state index contributed by atoms with van der Waals surface area (Å²) in [5.41, 5.74) is -0.911. The SMILES string of the molecule is CC(OC(=O)C=Cc1cccs1)C(=O)Nc1cccc(C(F)(F)F)c1. The van der Waals surface area contributed by atoms with Crippen LogP contribution in [0.3, 0.4) is 0 Å². The summed E-state index contributed by atoms with van der Waals surface area (Å²) in [5, 5.41) is 4.13. The number of nitrogens with one attached hydrogen (secondary N) is 1. The van der Waals surface area contributed by atoms with E-state index in [1.54, 1.807) is 12.1 Å². The van der Waals surface area contributed by atoms with E-state index >= 15 is 0 Å². The predicted octanol–water partition coefficient (Wildman–Crippen LogP) is 4.35. The third-order valence-electron chi connectivity index (χ3n) is 3.05. The Morgan fingerprint density at radius 2 is 2.00 bits per heavy atom. The molecule has 0 saturated heterocycles. The average Bonchev–Trinajstić information content (AvgIpc) is 3.05. The molecule has 25 heavy (non-hydrogen) atoms. The summed E-state index contributed by atoms with van der Waals surface area (Å²) < 4.78 is 42.9. The van der Waals surface area contributed by atoms with E-state index in [1.807, 2.05) is 11.4 Å². The number of carbonyl (C=O) groups excluding carboxylic acids is 2. The molecule has 0 bridgehead atoms. The van der Waals surface area contributed by atoms with Crippen molar-refractivity contribution in [3.05, 3.63) is 58.3 Å². The van der Waals surface area contributed by atoms with Crippen LogP contribution < -0.4 is 5.32 Å². The topological polar surface area (TPSA) is 55.4 Å². The summed E-state index contributed by atoms with van der Waals surface area (Å²) >= 11 is 1.43. The highest BCUT2D eigenvalue weighted by atomic mass is 32.1. The number of benzene rings is 1. The van der Waals surface area contributed by atoms with Gasteiger partial charge in [0.05, 0.1) is 5.56 Å². The molecule has 0 aliphatic rings. The first-order chi connectivity index (χ1) is 11.8. The highest BCUT2D eigenvalue weighted by molar-refractivity contribution is 7.10. The molecule has 0 aliphatic heterocycles. The standard InChI is InChI=1S/C17H14F3NO3S/c1-11(24-15(22)8-7-14-6-3-9-25-14)16(23)21-13-5-2-4-12(10-13)17(18,19)20/h2-11H,1H3,(H,21,23). The number of ether oxygens (including phenoxy) is 1. The maximum atomic E-state index is 12.6. The van der Waals surface area contributed by atoms with Crippen molar-refractivity contribution in [3.63, 3.8) is 0 Å². The van der Waals surface area contributed by atoms with Crippen molar-refractivity contribution in [1.29, 1.82) is 0 Å². The molecule has 1 aromatic carbocycles. The van der Waals surface area contributed by atoms with Crippen LogP contribution in [0.1, 0.15) is 17.4 Å². The van der Waals surface area contributed by atoms with Gasteiger partial charge >= 0.3 is 12.1 Å². The molecule has 132 valence electrons. The highest BCUT2D eigenvalue weighted by Crippen LogP contribution is 2.30. The fourth-order valence-electron chi connectivity index (χ4n) is 1.82. The van der Waals surface area contributed by atoms with Crippen molar-refractivity contribution in [2.45, 2.75) is 19.2 Å². The second kappa shape index (κ2) is 7.98. The van der Waals surface area contributed by atoms with Crippen molar-refractivity contribution in [1.82, 2.24) is 0 Å². The highest BCUT2D eigenvalue weighted by Gasteiger charge is 2.30. The number of rotatable bonds is 5. The van der Waals surface area contributed by atoms with Gasteiger partial charge < -0.3 is 10.1 Å². The van der Waals surface area contributed by atoms with E-state index in [0.717, 1.165) is 17.0 Å². The van der Waals surface area contributed by atoms with Crippen molar-refractivity contribution >= 4 is 35.0 Å². The molecule has 0 fully saturated rings. The smallest absolute Gasteiger partial charge is 0.416 e. The molecule has 1 aromatic heterocycles. The Morgan fingerprint density at radius 1 is 1.24 bits per heavy atom. The number of anilines is 1. The van der Waals surface area contributed by atoms with Gasteiger partial charge in [-0.2, -0.15) is 13.2 Å². The number of hydrogen-bond acceptors (Lipinski definition) is 4. The van der Waals surface area contributed by atoms with Crippen LogP contribution in [0, 0.1) is 0 Å². The minimum atomic E-state index is -4.51. The van der Waals surface area contributed by atoms with E-state index in [4.69, 9.17) is 4.74 Å².